The molecular weight excluding hydrogens is 510 g/mol. The van der Waals surface area contributed by atoms with Crippen LogP contribution in [-0.4, -0.2) is 52.6 Å². The molecule has 2 rings (SSSR count). The quantitative estimate of drug-likeness (QED) is 0.269. The largest absolute Gasteiger partial charge is 0.397 e. The summed E-state index contributed by atoms with van der Waals surface area (Å²) in [6.07, 6.45) is 1.13. The first-order valence-electron chi connectivity index (χ1n) is 9.95. The molecule has 34 heavy (non-hydrogen) atoms. The first-order valence-corrected chi connectivity index (χ1v) is 14.6. The van der Waals surface area contributed by atoms with Gasteiger partial charge < -0.3 is 5.32 Å². The summed E-state index contributed by atoms with van der Waals surface area (Å²) in [5, 5.41) is 11.1. The smallest absolute Gasteiger partial charge is 0.369 e. The van der Waals surface area contributed by atoms with E-state index in [1.54, 1.807) is 12.1 Å². The Labute approximate surface area is 198 Å². The molecule has 0 aliphatic heterocycles. The summed E-state index contributed by atoms with van der Waals surface area (Å²) < 4.78 is 89.2. The fourth-order valence-electron chi connectivity index (χ4n) is 2.88. The molecular formula is C19H25N3O9S3. The molecule has 0 aliphatic carbocycles. The van der Waals surface area contributed by atoms with Gasteiger partial charge >= 0.3 is 10.4 Å². The highest BCUT2D eigenvalue weighted by Gasteiger charge is 2.16. The van der Waals surface area contributed by atoms with Gasteiger partial charge in [-0.25, -0.2) is 12.6 Å². The maximum atomic E-state index is 12.2. The van der Waals surface area contributed by atoms with E-state index in [0.717, 1.165) is 11.1 Å². The summed E-state index contributed by atoms with van der Waals surface area (Å²) in [5.41, 5.74) is 3.02. The first-order chi connectivity index (χ1) is 15.7. The number of nitrogens with zero attached hydrogens (tertiary/aromatic N) is 2. The third-order valence-electron chi connectivity index (χ3n) is 4.56. The SMILES string of the molecule is CCc1cc(NCS(=O)(=O)O)c(CC)cc1N=Nc1ccc(S(=O)(=O)CCOS(=O)(=O)O)cc1. The third kappa shape index (κ3) is 8.73. The van der Waals surface area contributed by atoms with E-state index in [1.807, 2.05) is 13.8 Å². The molecule has 0 heterocycles. The molecule has 0 aliphatic rings. The van der Waals surface area contributed by atoms with Crippen molar-refractivity contribution in [2.75, 3.05) is 23.6 Å². The molecule has 0 amide bonds. The molecule has 15 heteroatoms. The van der Waals surface area contributed by atoms with E-state index >= 15 is 0 Å². The van der Waals surface area contributed by atoms with Gasteiger partial charge in [0.15, 0.2) is 9.84 Å². The summed E-state index contributed by atoms with van der Waals surface area (Å²) >= 11 is 0. The molecule has 12 nitrogen and oxygen atoms in total. The zero-order chi connectivity index (χ0) is 25.6. The van der Waals surface area contributed by atoms with E-state index in [9.17, 15) is 25.3 Å². The van der Waals surface area contributed by atoms with Crippen LogP contribution in [-0.2, 0) is 47.4 Å². The van der Waals surface area contributed by atoms with Gasteiger partial charge in [-0.3, -0.25) is 9.11 Å². The van der Waals surface area contributed by atoms with Crippen LogP contribution in [0.2, 0.25) is 0 Å². The number of nitrogens with one attached hydrogen (secondary N) is 1. The summed E-state index contributed by atoms with van der Waals surface area (Å²) in [6.45, 7) is 3.04. The normalized spacial score (nSPS) is 12.8. The lowest BCUT2D eigenvalue weighted by atomic mass is 10.0. The number of sulfone groups is 1. The maximum Gasteiger partial charge on any atom is 0.397 e. The Morgan fingerprint density at radius 1 is 0.882 bits per heavy atom. The lowest BCUT2D eigenvalue weighted by molar-refractivity contribution is 0.284. The van der Waals surface area contributed by atoms with Crippen molar-refractivity contribution in [3.63, 3.8) is 0 Å². The Morgan fingerprint density at radius 3 is 2.03 bits per heavy atom. The zero-order valence-corrected chi connectivity index (χ0v) is 20.8. The molecule has 0 fully saturated rings. The second-order valence-electron chi connectivity index (χ2n) is 7.01. The molecule has 2 aromatic carbocycles. The van der Waals surface area contributed by atoms with E-state index in [1.165, 1.54) is 24.3 Å². The van der Waals surface area contributed by atoms with Crippen LogP contribution in [0.15, 0.2) is 51.5 Å². The van der Waals surface area contributed by atoms with Gasteiger partial charge in [0.2, 0.25) is 0 Å². The number of aryl methyl sites for hydroxylation is 2. The lowest BCUT2D eigenvalue weighted by Crippen LogP contribution is -2.15. The maximum absolute atomic E-state index is 12.2. The molecule has 0 aromatic heterocycles. The van der Waals surface area contributed by atoms with Crippen molar-refractivity contribution >= 4 is 47.4 Å². The summed E-state index contributed by atoms with van der Waals surface area (Å²) in [7, 11) is -12.8. The van der Waals surface area contributed by atoms with Crippen LogP contribution in [0.5, 0.6) is 0 Å². The van der Waals surface area contributed by atoms with Gasteiger partial charge in [-0.2, -0.15) is 27.1 Å². The van der Waals surface area contributed by atoms with Crippen molar-refractivity contribution in [1.29, 1.82) is 0 Å². The van der Waals surface area contributed by atoms with Gasteiger partial charge in [0.25, 0.3) is 10.1 Å². The van der Waals surface area contributed by atoms with E-state index < -0.39 is 48.6 Å². The average Bonchev–Trinajstić information content (AvgIpc) is 2.74. The lowest BCUT2D eigenvalue weighted by Gasteiger charge is -2.13. The Bertz CT molecular complexity index is 1350. The number of anilines is 1. The Balaban J connectivity index is 2.21. The van der Waals surface area contributed by atoms with Crippen molar-refractivity contribution in [3.05, 3.63) is 47.5 Å². The number of benzene rings is 2. The highest BCUT2D eigenvalue weighted by atomic mass is 32.3. The number of hydrogen-bond acceptors (Lipinski definition) is 10. The molecule has 0 bridgehead atoms. The van der Waals surface area contributed by atoms with Crippen molar-refractivity contribution < 1.29 is 38.5 Å². The van der Waals surface area contributed by atoms with E-state index in [4.69, 9.17) is 9.11 Å². The highest BCUT2D eigenvalue weighted by Crippen LogP contribution is 2.30. The van der Waals surface area contributed by atoms with Gasteiger partial charge in [0.1, 0.15) is 5.88 Å². The predicted molar refractivity (Wildman–Crippen MR) is 125 cm³/mol. The van der Waals surface area contributed by atoms with Crippen molar-refractivity contribution in [1.82, 2.24) is 0 Å². The van der Waals surface area contributed by atoms with Crippen molar-refractivity contribution in [2.45, 2.75) is 31.6 Å². The molecule has 188 valence electrons. The highest BCUT2D eigenvalue weighted by molar-refractivity contribution is 7.91. The standard InChI is InChI=1S/C19H25N3O9S3/c1-3-14-12-19(15(4-2)11-18(14)20-13-33(25,26)27)22-21-16-5-7-17(8-6-16)32(23,24)10-9-31-34(28,29)30/h5-8,11-12,20H,3-4,9-10,13H2,1-2H3,(H,25,26,27)(H,28,29,30). The summed E-state index contributed by atoms with van der Waals surface area (Å²) in [6, 6.07) is 8.92. The number of rotatable bonds is 12. The molecule has 2 aromatic rings. The van der Waals surface area contributed by atoms with Gasteiger partial charge in [-0.1, -0.05) is 13.8 Å². The van der Waals surface area contributed by atoms with E-state index in [0.29, 0.717) is 29.9 Å². The molecule has 0 saturated carbocycles. The Hall–Kier alpha value is -2.43. The predicted octanol–water partition coefficient (Wildman–Crippen LogP) is 3.08. The Kier molecular flexibility index (Phi) is 9.27. The minimum atomic E-state index is -4.73. The van der Waals surface area contributed by atoms with Crippen molar-refractivity contribution in [3.8, 4) is 0 Å². The molecule has 0 atom stereocenters. The van der Waals surface area contributed by atoms with Crippen LogP contribution in [0.1, 0.15) is 25.0 Å². The van der Waals surface area contributed by atoms with Crippen LogP contribution in [0.4, 0.5) is 17.1 Å². The average molecular weight is 536 g/mol. The third-order valence-corrected chi connectivity index (χ3v) is 7.23. The second-order valence-corrected chi connectivity index (χ2v) is 11.7. The van der Waals surface area contributed by atoms with E-state index in [-0.39, 0.29) is 4.90 Å². The zero-order valence-electron chi connectivity index (χ0n) is 18.4. The first kappa shape index (κ1) is 27.8. The topological polar surface area (TPSA) is 189 Å². The minimum Gasteiger partial charge on any atom is -0.369 e. The number of azo groups is 1. The van der Waals surface area contributed by atoms with Crippen LogP contribution in [0.3, 0.4) is 0 Å². The fourth-order valence-corrected chi connectivity index (χ4v) is 4.70. The van der Waals surface area contributed by atoms with Gasteiger partial charge in [-0.05, 0) is 60.4 Å². The van der Waals surface area contributed by atoms with Crippen LogP contribution in [0, 0.1) is 0 Å². The van der Waals surface area contributed by atoms with Gasteiger partial charge in [-0.15, -0.1) is 0 Å². The monoisotopic (exact) mass is 535 g/mol. The molecule has 0 radical (unpaired) electrons. The van der Waals surface area contributed by atoms with Crippen LogP contribution in [0.25, 0.3) is 0 Å². The summed E-state index contributed by atoms with van der Waals surface area (Å²) in [5.74, 6) is -1.27. The van der Waals surface area contributed by atoms with Crippen molar-refractivity contribution in [2.24, 2.45) is 10.2 Å². The molecule has 0 unspecified atom stereocenters. The molecule has 3 N–H and O–H groups in total. The van der Waals surface area contributed by atoms with E-state index in [2.05, 4.69) is 19.7 Å². The number of hydrogen-bond donors (Lipinski definition) is 3. The van der Waals surface area contributed by atoms with Crippen LogP contribution < -0.4 is 5.32 Å². The molecule has 0 spiro atoms. The van der Waals surface area contributed by atoms with Gasteiger partial charge in [0.05, 0.1) is 28.6 Å². The second kappa shape index (κ2) is 11.3. The fraction of sp³-hybridized carbons (Fsp3) is 0.368. The van der Waals surface area contributed by atoms with Gasteiger partial charge in [0, 0.05) is 5.69 Å². The molecule has 0 saturated heterocycles. The Morgan fingerprint density at radius 2 is 1.50 bits per heavy atom. The van der Waals surface area contributed by atoms with Crippen LogP contribution >= 0.6 is 0 Å². The summed E-state index contributed by atoms with van der Waals surface area (Å²) in [4.78, 5) is -0.0813. The minimum absolute atomic E-state index is 0.0813.